The van der Waals surface area contributed by atoms with Crippen molar-refractivity contribution in [2.24, 2.45) is 0 Å². The lowest BCUT2D eigenvalue weighted by Gasteiger charge is -2.20. The van der Waals surface area contributed by atoms with E-state index in [1.54, 1.807) is 0 Å². The minimum atomic E-state index is -4.06. The van der Waals surface area contributed by atoms with Gasteiger partial charge in [0.25, 0.3) is 15.6 Å². The molecular weight excluding hydrogens is 650 g/mol. The number of fused-ring (bicyclic) bond motifs is 2. The number of hydrogen-bond donors (Lipinski definition) is 1. The first-order valence-corrected chi connectivity index (χ1v) is 19.1. The molecular formula is C37H45ClN3O6S+. The van der Waals surface area contributed by atoms with E-state index in [0.29, 0.717) is 23.4 Å². The molecule has 2 aliphatic heterocycles. The number of hydrogen-bond acceptors (Lipinski definition) is 6. The van der Waals surface area contributed by atoms with Crippen molar-refractivity contribution in [1.29, 1.82) is 0 Å². The number of nitrogens with zero attached hydrogens (tertiary/aromatic N) is 3. The van der Waals surface area contributed by atoms with Gasteiger partial charge < -0.3 is 19.0 Å². The van der Waals surface area contributed by atoms with Gasteiger partial charge in [0, 0.05) is 36.7 Å². The fourth-order valence-electron chi connectivity index (χ4n) is 6.73. The summed E-state index contributed by atoms with van der Waals surface area (Å²) >= 11 is 6.41. The standard InChI is InChI=1S/C37H44ClN3O6S/c1-3-4-6-18-41-30(37(41)42)12-5-7-17-39-32-25-29(38)14-16-34(32)47-35(39)23-27-10-8-11-28(22-27)24-36-40(19-9-20-48(43,44)45)31-21-26(2)13-15-33(31)46-36/h13-16,21-25,30H,3-12,17-20H2,1-2H3/p+1. The normalized spacial score (nSPS) is 19.4. The predicted molar refractivity (Wildman–Crippen MR) is 188 cm³/mol. The summed E-state index contributed by atoms with van der Waals surface area (Å²) in [6, 6.07) is 11.7. The number of benzene rings is 2. The van der Waals surface area contributed by atoms with Gasteiger partial charge in [-0.2, -0.15) is 13.0 Å². The van der Waals surface area contributed by atoms with E-state index < -0.39 is 10.1 Å². The summed E-state index contributed by atoms with van der Waals surface area (Å²) in [5.74, 6) is 2.12. The van der Waals surface area contributed by atoms with Crippen LogP contribution in [0.25, 0.3) is 17.2 Å². The molecule has 1 amide bonds. The number of amides is 1. The second kappa shape index (κ2) is 14.9. The third kappa shape index (κ3) is 8.33. The van der Waals surface area contributed by atoms with Crippen LogP contribution in [0.5, 0.6) is 5.75 Å². The molecule has 3 aliphatic rings. The molecule has 3 aromatic rings. The van der Waals surface area contributed by atoms with E-state index in [4.69, 9.17) is 20.8 Å². The van der Waals surface area contributed by atoms with Crippen LogP contribution in [0.2, 0.25) is 5.02 Å². The van der Waals surface area contributed by atoms with Crippen molar-refractivity contribution >= 4 is 50.5 Å². The van der Waals surface area contributed by atoms with Crippen LogP contribution in [0.1, 0.15) is 82.6 Å². The molecule has 3 heterocycles. The number of halogens is 1. The Labute approximate surface area is 288 Å². The molecule has 1 aliphatic carbocycles. The van der Waals surface area contributed by atoms with Crippen molar-refractivity contribution in [1.82, 2.24) is 4.90 Å². The van der Waals surface area contributed by atoms with E-state index in [1.807, 2.05) is 59.2 Å². The maximum absolute atomic E-state index is 12.3. The van der Waals surface area contributed by atoms with Crippen molar-refractivity contribution in [2.75, 3.05) is 23.7 Å². The minimum Gasteiger partial charge on any atom is -0.439 e. The quantitative estimate of drug-likeness (QED) is 0.0751. The fraction of sp³-hybridized carbons (Fsp3) is 0.459. The molecule has 0 bridgehead atoms. The van der Waals surface area contributed by atoms with Gasteiger partial charge >= 0.3 is 5.89 Å². The first-order valence-electron chi connectivity index (χ1n) is 17.2. The fourth-order valence-corrected chi connectivity index (χ4v) is 7.39. The summed E-state index contributed by atoms with van der Waals surface area (Å²) in [7, 11) is -4.06. The van der Waals surface area contributed by atoms with Crippen LogP contribution in [0.15, 0.2) is 70.0 Å². The van der Waals surface area contributed by atoms with Crippen LogP contribution < -0.4 is 14.2 Å². The van der Waals surface area contributed by atoms with E-state index in [2.05, 4.69) is 23.6 Å². The third-order valence-corrected chi connectivity index (χ3v) is 10.3. The molecule has 1 N–H and O–H groups in total. The Hall–Kier alpha value is -3.60. The zero-order chi connectivity index (χ0) is 33.8. The second-order valence-corrected chi connectivity index (χ2v) is 15.1. The van der Waals surface area contributed by atoms with Gasteiger partial charge in [-0.25, -0.2) is 0 Å². The van der Waals surface area contributed by atoms with E-state index in [0.717, 1.165) is 116 Å². The van der Waals surface area contributed by atoms with Gasteiger partial charge in [0.2, 0.25) is 17.4 Å². The highest BCUT2D eigenvalue weighted by atomic mass is 35.5. The molecule has 0 radical (unpaired) electrons. The number of aromatic nitrogens is 1. The predicted octanol–water partition coefficient (Wildman–Crippen LogP) is 7.77. The number of rotatable bonds is 15. The molecule has 9 nitrogen and oxygen atoms in total. The average molecular weight is 695 g/mol. The van der Waals surface area contributed by atoms with Gasteiger partial charge in [-0.15, -0.1) is 0 Å². The van der Waals surface area contributed by atoms with Gasteiger partial charge in [0.15, 0.2) is 12.3 Å². The summed E-state index contributed by atoms with van der Waals surface area (Å²) in [5.41, 5.74) is 5.94. The first-order chi connectivity index (χ1) is 23.1. The Kier molecular flexibility index (Phi) is 10.6. The summed E-state index contributed by atoms with van der Waals surface area (Å²) < 4.78 is 46.9. The SMILES string of the molecule is CCCCCN1C(=O)C1CCCC[n+]1c(C=C2C=C(C=C3Oc4ccc(C)cc4N3CCCS(=O)(=O)O)CCC2)oc2ccc(Cl)cc21. The highest BCUT2D eigenvalue weighted by Gasteiger charge is 2.44. The maximum atomic E-state index is 12.3. The number of anilines is 1. The summed E-state index contributed by atoms with van der Waals surface area (Å²) in [6.07, 6.45) is 15.5. The molecule has 0 spiro atoms. The van der Waals surface area contributed by atoms with Crippen molar-refractivity contribution in [3.8, 4) is 5.75 Å². The Morgan fingerprint density at radius 3 is 2.71 bits per heavy atom. The zero-order valence-corrected chi connectivity index (χ0v) is 29.4. The molecule has 6 rings (SSSR count). The Balaban J connectivity index is 1.19. The Morgan fingerprint density at radius 1 is 1.04 bits per heavy atom. The van der Waals surface area contributed by atoms with Gasteiger partial charge in [-0.05, 0) is 92.8 Å². The Morgan fingerprint density at radius 2 is 1.90 bits per heavy atom. The summed E-state index contributed by atoms with van der Waals surface area (Å²) in [4.78, 5) is 16.3. The molecule has 0 saturated carbocycles. The average Bonchev–Trinajstić information content (AvgIpc) is 3.33. The van der Waals surface area contributed by atoms with Crippen LogP contribution in [-0.2, 0) is 21.5 Å². The number of allylic oxidation sites excluding steroid dienone is 4. The van der Waals surface area contributed by atoms with E-state index in [1.165, 1.54) is 0 Å². The highest BCUT2D eigenvalue weighted by molar-refractivity contribution is 7.85. The molecule has 256 valence electrons. The lowest BCUT2D eigenvalue weighted by Crippen LogP contribution is -2.35. The van der Waals surface area contributed by atoms with Gasteiger partial charge in [-0.3, -0.25) is 9.35 Å². The smallest absolute Gasteiger partial charge is 0.374 e. The lowest BCUT2D eigenvalue weighted by molar-refractivity contribution is -0.678. The van der Waals surface area contributed by atoms with Crippen molar-refractivity contribution in [3.63, 3.8) is 0 Å². The van der Waals surface area contributed by atoms with Crippen LogP contribution in [0.4, 0.5) is 5.69 Å². The van der Waals surface area contributed by atoms with Crippen LogP contribution in [0, 0.1) is 6.92 Å². The highest BCUT2D eigenvalue weighted by Crippen LogP contribution is 2.41. The van der Waals surface area contributed by atoms with E-state index in [-0.39, 0.29) is 18.2 Å². The number of carbonyl (C=O) groups is 1. The zero-order valence-electron chi connectivity index (χ0n) is 27.8. The van der Waals surface area contributed by atoms with E-state index >= 15 is 0 Å². The number of carbonyl (C=O) groups excluding carboxylic acids is 1. The maximum Gasteiger partial charge on any atom is 0.374 e. The lowest BCUT2D eigenvalue weighted by atomic mass is 9.94. The number of ether oxygens (including phenoxy) is 1. The largest absolute Gasteiger partial charge is 0.439 e. The molecule has 11 heteroatoms. The topological polar surface area (TPSA) is 104 Å². The molecule has 1 unspecified atom stereocenters. The minimum absolute atomic E-state index is 0.0863. The number of aryl methyl sites for hydroxylation is 2. The molecule has 1 aromatic heterocycles. The first kappa shape index (κ1) is 34.3. The van der Waals surface area contributed by atoms with Crippen LogP contribution in [-0.4, -0.2) is 48.7 Å². The van der Waals surface area contributed by atoms with Crippen molar-refractivity contribution in [3.05, 3.63) is 82.1 Å². The summed E-state index contributed by atoms with van der Waals surface area (Å²) in [5, 5.41) is 0.655. The molecule has 48 heavy (non-hydrogen) atoms. The monoisotopic (exact) mass is 694 g/mol. The van der Waals surface area contributed by atoms with Crippen molar-refractivity contribution < 1.29 is 31.5 Å². The van der Waals surface area contributed by atoms with Crippen LogP contribution in [0.3, 0.4) is 0 Å². The molecule has 1 atom stereocenters. The van der Waals surface area contributed by atoms with Gasteiger partial charge in [0.05, 0.1) is 17.5 Å². The Bertz CT molecular complexity index is 1880. The molecule has 1 fully saturated rings. The van der Waals surface area contributed by atoms with Crippen LogP contribution >= 0.6 is 11.6 Å². The number of oxazole rings is 1. The number of unbranched alkanes of at least 4 members (excludes halogenated alkanes) is 3. The second-order valence-electron chi connectivity index (χ2n) is 13.1. The molecule has 2 aromatic carbocycles. The van der Waals surface area contributed by atoms with E-state index in [9.17, 15) is 17.8 Å². The van der Waals surface area contributed by atoms with Gasteiger partial charge in [0.1, 0.15) is 6.04 Å². The molecule has 1 saturated heterocycles. The third-order valence-electron chi connectivity index (χ3n) is 9.27. The summed E-state index contributed by atoms with van der Waals surface area (Å²) in [6.45, 7) is 6.22. The van der Waals surface area contributed by atoms with Crippen molar-refractivity contribution in [2.45, 2.75) is 90.6 Å². The van der Waals surface area contributed by atoms with Gasteiger partial charge in [-0.1, -0.05) is 43.5 Å².